The second-order valence-corrected chi connectivity index (χ2v) is 11.7. The van der Waals surface area contributed by atoms with Crippen molar-refractivity contribution in [2.45, 2.75) is 84.2 Å². The average molecular weight is 564 g/mol. The third-order valence-electron chi connectivity index (χ3n) is 5.79. The maximum atomic E-state index is 14.0. The van der Waals surface area contributed by atoms with Crippen LogP contribution in [-0.2, 0) is 30.3 Å². The molecule has 0 aliphatic heterocycles. The number of alkyl carbamates (subject to hydrolysis) is 1. The lowest BCUT2D eigenvalue weighted by molar-refractivity contribution is -0.159. The van der Waals surface area contributed by atoms with E-state index in [1.165, 1.54) is 18.9 Å². The van der Waals surface area contributed by atoms with Gasteiger partial charge >= 0.3 is 12.1 Å². The van der Waals surface area contributed by atoms with Gasteiger partial charge in [-0.2, -0.15) is 0 Å². The molecule has 0 saturated heterocycles. The third kappa shape index (κ3) is 10.3. The Morgan fingerprint density at radius 2 is 1.44 bits per heavy atom. The van der Waals surface area contributed by atoms with Crippen molar-refractivity contribution < 1.29 is 28.7 Å². The van der Waals surface area contributed by atoms with Crippen LogP contribution in [-0.4, -0.2) is 59.1 Å². The van der Waals surface area contributed by atoms with Gasteiger partial charge in [0.25, 0.3) is 0 Å². The van der Waals surface area contributed by atoms with Crippen LogP contribution in [0.25, 0.3) is 0 Å². The molecule has 0 bridgehead atoms. The fraction of sp³-hybridized carbons (Fsp3) is 0.438. The van der Waals surface area contributed by atoms with Crippen LogP contribution in [0.4, 0.5) is 4.79 Å². The molecule has 0 radical (unpaired) electrons. The smallest absolute Gasteiger partial charge is 0.408 e. The highest BCUT2D eigenvalue weighted by Crippen LogP contribution is 2.25. The van der Waals surface area contributed by atoms with E-state index in [0.717, 1.165) is 5.56 Å². The zero-order valence-corrected chi connectivity index (χ0v) is 25.1. The summed E-state index contributed by atoms with van der Waals surface area (Å²) < 4.78 is 10.9. The number of hydrogen-bond acceptors (Lipinski definition) is 6. The normalized spacial score (nSPS) is 13.5. The largest absolute Gasteiger partial charge is 0.458 e. The van der Waals surface area contributed by atoms with E-state index in [1.54, 1.807) is 65.8 Å². The van der Waals surface area contributed by atoms with Crippen molar-refractivity contribution in [2.24, 2.45) is 0 Å². The van der Waals surface area contributed by atoms with Crippen molar-refractivity contribution in [2.75, 3.05) is 7.05 Å². The quantitative estimate of drug-likeness (QED) is 0.350. The molecular weight excluding hydrogens is 522 g/mol. The molecule has 2 aromatic rings. The number of nitrogens with zero attached hydrogens (tertiary/aromatic N) is 1. The molecule has 2 rings (SSSR count). The first-order chi connectivity index (χ1) is 19.0. The highest BCUT2D eigenvalue weighted by molar-refractivity contribution is 5.94. The molecule has 0 heterocycles. The molecule has 0 aliphatic carbocycles. The van der Waals surface area contributed by atoms with Crippen molar-refractivity contribution in [1.29, 1.82) is 0 Å². The monoisotopic (exact) mass is 563 g/mol. The van der Waals surface area contributed by atoms with E-state index in [9.17, 15) is 19.2 Å². The highest BCUT2D eigenvalue weighted by Gasteiger charge is 2.36. The minimum Gasteiger partial charge on any atom is -0.458 e. The summed E-state index contributed by atoms with van der Waals surface area (Å²) in [4.78, 5) is 54.2. The minimum atomic E-state index is -1.22. The standard InChI is InChI=1S/C32H41N3O6/c1-10-23-18-14-15-19-24(23)26(35(9)28(37)21(2)33-30(39)41-32(6,7)8)27(36)34-25(29(38)40-31(3,4)5)20-22-16-12-11-13-17-22/h1,11-19,21,25-26H,20H2,2-9H3,(H,33,39)(H,34,36). The summed E-state index contributed by atoms with van der Waals surface area (Å²) in [5, 5.41) is 5.31. The van der Waals surface area contributed by atoms with Gasteiger partial charge in [0.15, 0.2) is 0 Å². The topological polar surface area (TPSA) is 114 Å². The van der Waals surface area contributed by atoms with Gasteiger partial charge in [-0.1, -0.05) is 54.5 Å². The summed E-state index contributed by atoms with van der Waals surface area (Å²) in [6.45, 7) is 11.8. The maximum Gasteiger partial charge on any atom is 0.408 e. The molecule has 41 heavy (non-hydrogen) atoms. The molecule has 3 atom stereocenters. The lowest BCUT2D eigenvalue weighted by atomic mass is 9.97. The lowest BCUT2D eigenvalue weighted by Gasteiger charge is -2.32. The molecule has 3 unspecified atom stereocenters. The van der Waals surface area contributed by atoms with Crippen LogP contribution < -0.4 is 10.6 Å². The summed E-state index contributed by atoms with van der Waals surface area (Å²) in [6, 6.07) is 12.6. The number of carbonyl (C=O) groups excluding carboxylic acids is 4. The number of ether oxygens (including phenoxy) is 2. The van der Waals surface area contributed by atoms with Gasteiger partial charge in [-0.05, 0) is 65.7 Å². The van der Waals surface area contributed by atoms with Crippen LogP contribution >= 0.6 is 0 Å². The summed E-state index contributed by atoms with van der Waals surface area (Å²) in [6.07, 6.45) is 5.13. The molecule has 0 saturated carbocycles. The van der Waals surface area contributed by atoms with Crippen LogP contribution in [0.5, 0.6) is 0 Å². The number of terminal acetylenes is 1. The number of amides is 3. The molecule has 0 aliphatic rings. The Morgan fingerprint density at radius 1 is 0.878 bits per heavy atom. The number of benzene rings is 2. The Kier molecular flexibility index (Phi) is 11.1. The molecule has 2 N–H and O–H groups in total. The van der Waals surface area contributed by atoms with E-state index in [0.29, 0.717) is 11.1 Å². The second-order valence-electron chi connectivity index (χ2n) is 11.7. The number of likely N-dealkylation sites (N-methyl/N-ethyl adjacent to an activating group) is 1. The van der Waals surface area contributed by atoms with E-state index in [-0.39, 0.29) is 6.42 Å². The Hall–Kier alpha value is -4.32. The highest BCUT2D eigenvalue weighted by atomic mass is 16.6. The van der Waals surface area contributed by atoms with Gasteiger partial charge in [0.1, 0.15) is 29.3 Å². The van der Waals surface area contributed by atoms with E-state index >= 15 is 0 Å². The maximum absolute atomic E-state index is 14.0. The van der Waals surface area contributed by atoms with Gasteiger partial charge in [-0.3, -0.25) is 9.59 Å². The van der Waals surface area contributed by atoms with Gasteiger partial charge in [0, 0.05) is 19.0 Å². The van der Waals surface area contributed by atoms with Gasteiger partial charge < -0.3 is 25.0 Å². The molecule has 220 valence electrons. The number of nitrogens with one attached hydrogen (secondary N) is 2. The number of hydrogen-bond donors (Lipinski definition) is 2. The van der Waals surface area contributed by atoms with E-state index < -0.39 is 53.2 Å². The molecule has 2 aromatic carbocycles. The molecule has 9 heteroatoms. The van der Waals surface area contributed by atoms with Crippen LogP contribution in [0.1, 0.15) is 71.2 Å². The summed E-state index contributed by atoms with van der Waals surface area (Å²) in [7, 11) is 1.44. The van der Waals surface area contributed by atoms with Gasteiger partial charge in [0.2, 0.25) is 11.8 Å². The van der Waals surface area contributed by atoms with Crippen LogP contribution in [0.15, 0.2) is 54.6 Å². The average Bonchev–Trinajstić information content (AvgIpc) is 2.86. The van der Waals surface area contributed by atoms with Gasteiger partial charge in [-0.25, -0.2) is 9.59 Å². The SMILES string of the molecule is C#Cc1ccccc1C(C(=O)NC(Cc1ccccc1)C(=O)OC(C)(C)C)N(C)C(=O)C(C)NC(=O)OC(C)(C)C. The summed E-state index contributed by atoms with van der Waals surface area (Å²) in [5.74, 6) is 0.733. The number of esters is 1. The number of carbonyl (C=O) groups is 4. The first kappa shape index (κ1) is 32.9. The van der Waals surface area contributed by atoms with Crippen molar-refractivity contribution in [3.05, 3.63) is 71.3 Å². The number of rotatable bonds is 9. The van der Waals surface area contributed by atoms with Crippen molar-refractivity contribution in [1.82, 2.24) is 15.5 Å². The fourth-order valence-corrected chi connectivity index (χ4v) is 4.04. The van der Waals surface area contributed by atoms with Gasteiger partial charge in [0.05, 0.1) is 0 Å². The predicted molar refractivity (Wildman–Crippen MR) is 157 cm³/mol. The van der Waals surface area contributed by atoms with Crippen LogP contribution in [0.2, 0.25) is 0 Å². The third-order valence-corrected chi connectivity index (χ3v) is 5.79. The molecule has 0 spiro atoms. The predicted octanol–water partition coefficient (Wildman–Crippen LogP) is 4.15. The second kappa shape index (κ2) is 13.8. The Balaban J connectivity index is 2.44. The zero-order valence-electron chi connectivity index (χ0n) is 25.1. The van der Waals surface area contributed by atoms with Crippen molar-refractivity contribution in [3.63, 3.8) is 0 Å². The molecule has 9 nitrogen and oxygen atoms in total. The summed E-state index contributed by atoms with van der Waals surface area (Å²) in [5.41, 5.74) is 0.0422. The zero-order chi connectivity index (χ0) is 31.0. The van der Waals surface area contributed by atoms with E-state index in [1.807, 2.05) is 30.3 Å². The fourth-order valence-electron chi connectivity index (χ4n) is 4.04. The Labute approximate surface area is 243 Å². The molecular formula is C32H41N3O6. The first-order valence-corrected chi connectivity index (χ1v) is 13.4. The Bertz CT molecular complexity index is 1270. The molecule has 0 fully saturated rings. The van der Waals surface area contributed by atoms with Crippen molar-refractivity contribution in [3.8, 4) is 12.3 Å². The first-order valence-electron chi connectivity index (χ1n) is 13.4. The van der Waals surface area contributed by atoms with Gasteiger partial charge in [-0.15, -0.1) is 6.42 Å². The van der Waals surface area contributed by atoms with E-state index in [2.05, 4.69) is 16.6 Å². The Morgan fingerprint density at radius 3 is 2.00 bits per heavy atom. The van der Waals surface area contributed by atoms with Crippen molar-refractivity contribution >= 4 is 23.9 Å². The molecule has 0 aromatic heterocycles. The van der Waals surface area contributed by atoms with Crippen LogP contribution in [0, 0.1) is 12.3 Å². The minimum absolute atomic E-state index is 0.166. The molecule has 3 amide bonds. The van der Waals surface area contributed by atoms with E-state index in [4.69, 9.17) is 15.9 Å². The van der Waals surface area contributed by atoms with Crippen LogP contribution in [0.3, 0.4) is 0 Å². The lowest BCUT2D eigenvalue weighted by Crippen LogP contribution is -2.53. The summed E-state index contributed by atoms with van der Waals surface area (Å²) >= 11 is 0.